The van der Waals surface area contributed by atoms with Crippen LogP contribution in [-0.2, 0) is 5.75 Å². The number of aromatic nitrogens is 3. The van der Waals surface area contributed by atoms with Gasteiger partial charge in [-0.15, -0.1) is 0 Å². The van der Waals surface area contributed by atoms with Crippen molar-refractivity contribution in [3.8, 4) is 11.3 Å². The smallest absolute Gasteiger partial charge is 0.321 e. The summed E-state index contributed by atoms with van der Waals surface area (Å²) in [5.41, 5.74) is 1.58. The summed E-state index contributed by atoms with van der Waals surface area (Å²) in [6, 6.07) is 12.6. The van der Waals surface area contributed by atoms with Crippen LogP contribution in [0.15, 0.2) is 64.3 Å². The Hall–Kier alpha value is -2.74. The van der Waals surface area contributed by atoms with Crippen molar-refractivity contribution in [2.24, 2.45) is 0 Å². The van der Waals surface area contributed by atoms with Gasteiger partial charge in [-0.1, -0.05) is 23.9 Å². The zero-order valence-electron chi connectivity index (χ0n) is 13.3. The molecule has 0 bridgehead atoms. The second-order valence-corrected chi connectivity index (χ2v) is 6.39. The largest absolute Gasteiger partial charge is 0.440 e. The lowest BCUT2D eigenvalue weighted by atomic mass is 10.2. The van der Waals surface area contributed by atoms with E-state index in [1.165, 1.54) is 18.3 Å². The van der Waals surface area contributed by atoms with E-state index in [9.17, 15) is 13.2 Å². The molecule has 4 nitrogen and oxygen atoms in total. The molecule has 8 heteroatoms. The van der Waals surface area contributed by atoms with Crippen LogP contribution < -0.4 is 0 Å². The van der Waals surface area contributed by atoms with Crippen LogP contribution in [0.1, 0.15) is 12.4 Å². The molecule has 132 valence electrons. The normalized spacial score (nSPS) is 11.5. The van der Waals surface area contributed by atoms with E-state index in [-0.39, 0.29) is 16.7 Å². The maximum Gasteiger partial charge on any atom is 0.321 e. The second-order valence-electron chi connectivity index (χ2n) is 5.44. The predicted molar refractivity (Wildman–Crippen MR) is 92.4 cm³/mol. The fourth-order valence-electron chi connectivity index (χ4n) is 2.56. The Labute approximate surface area is 150 Å². The van der Waals surface area contributed by atoms with Crippen LogP contribution in [0.3, 0.4) is 0 Å². The third-order valence-corrected chi connectivity index (χ3v) is 4.70. The van der Waals surface area contributed by atoms with Crippen LogP contribution in [-0.4, -0.2) is 14.5 Å². The van der Waals surface area contributed by atoms with Crippen LogP contribution in [0.5, 0.6) is 0 Å². The molecule has 0 radical (unpaired) electrons. The summed E-state index contributed by atoms with van der Waals surface area (Å²) in [6.07, 6.45) is 1.53. The summed E-state index contributed by atoms with van der Waals surface area (Å²) in [4.78, 5) is 8.41. The first-order chi connectivity index (χ1) is 12.6. The Kier molecular flexibility index (Phi) is 4.42. The second kappa shape index (κ2) is 6.87. The fraction of sp³-hybridized carbons (Fsp3) is 0.111. The van der Waals surface area contributed by atoms with E-state index in [1.807, 2.05) is 0 Å². The van der Waals surface area contributed by atoms with Gasteiger partial charge < -0.3 is 4.42 Å². The van der Waals surface area contributed by atoms with E-state index < -0.39 is 6.55 Å². The van der Waals surface area contributed by atoms with Gasteiger partial charge >= 0.3 is 6.55 Å². The molecule has 0 spiro atoms. The molecule has 0 aliphatic rings. The minimum Gasteiger partial charge on any atom is -0.440 e. The van der Waals surface area contributed by atoms with Gasteiger partial charge in [-0.3, -0.25) is 4.57 Å². The summed E-state index contributed by atoms with van der Waals surface area (Å²) >= 11 is 1.12. The van der Waals surface area contributed by atoms with Gasteiger partial charge in [0.2, 0.25) is 5.89 Å². The van der Waals surface area contributed by atoms with Gasteiger partial charge in [-0.25, -0.2) is 14.4 Å². The third-order valence-electron chi connectivity index (χ3n) is 3.77. The lowest BCUT2D eigenvalue weighted by molar-refractivity contribution is 0.0656. The van der Waals surface area contributed by atoms with Crippen LogP contribution >= 0.6 is 11.8 Å². The number of thioether (sulfide) groups is 1. The van der Waals surface area contributed by atoms with Crippen molar-refractivity contribution in [3.63, 3.8) is 0 Å². The van der Waals surface area contributed by atoms with E-state index in [2.05, 4.69) is 9.97 Å². The van der Waals surface area contributed by atoms with E-state index in [0.29, 0.717) is 28.2 Å². The SMILES string of the molecule is Fc1ccc(-c2cnc(CSc3nc4ccccc4n3C(F)F)o2)cc1. The zero-order valence-corrected chi connectivity index (χ0v) is 14.1. The summed E-state index contributed by atoms with van der Waals surface area (Å²) in [6.45, 7) is -2.69. The number of alkyl halides is 2. The minimum absolute atomic E-state index is 0.197. The van der Waals surface area contributed by atoms with Crippen molar-refractivity contribution in [2.45, 2.75) is 17.5 Å². The van der Waals surface area contributed by atoms with Gasteiger partial charge in [0, 0.05) is 5.56 Å². The summed E-state index contributed by atoms with van der Waals surface area (Å²) in [5, 5.41) is 0.197. The quantitative estimate of drug-likeness (QED) is 0.431. The molecule has 0 amide bonds. The van der Waals surface area contributed by atoms with E-state index in [4.69, 9.17) is 4.42 Å². The van der Waals surface area contributed by atoms with Crippen molar-refractivity contribution >= 4 is 22.8 Å². The fourth-order valence-corrected chi connectivity index (χ4v) is 3.43. The monoisotopic (exact) mass is 375 g/mol. The standard InChI is InChI=1S/C18H12F3N3OS/c19-12-7-5-11(6-8-12)15-9-22-16(25-15)10-26-18-23-13-3-1-2-4-14(13)24(18)17(20)21/h1-9,17H,10H2. The van der Waals surface area contributed by atoms with Crippen LogP contribution in [0.4, 0.5) is 13.2 Å². The number of fused-ring (bicyclic) bond motifs is 1. The van der Waals surface area contributed by atoms with Crippen LogP contribution in [0, 0.1) is 5.82 Å². The first-order valence-electron chi connectivity index (χ1n) is 7.70. The van der Waals surface area contributed by atoms with E-state index in [1.54, 1.807) is 36.4 Å². The molecule has 0 aliphatic carbocycles. The van der Waals surface area contributed by atoms with Gasteiger partial charge in [0.1, 0.15) is 5.82 Å². The van der Waals surface area contributed by atoms with Crippen molar-refractivity contribution in [1.82, 2.24) is 14.5 Å². The first kappa shape index (κ1) is 16.7. The highest BCUT2D eigenvalue weighted by atomic mass is 32.2. The van der Waals surface area contributed by atoms with Gasteiger partial charge in [-0.2, -0.15) is 8.78 Å². The molecule has 2 heterocycles. The molecular formula is C18H12F3N3OS. The molecule has 2 aromatic carbocycles. The number of halogens is 3. The highest BCUT2D eigenvalue weighted by Crippen LogP contribution is 2.31. The number of benzene rings is 2. The highest BCUT2D eigenvalue weighted by Gasteiger charge is 2.18. The number of rotatable bonds is 5. The predicted octanol–water partition coefficient (Wildman–Crippen LogP) is 5.52. The Morgan fingerprint density at radius 1 is 1.08 bits per heavy atom. The molecule has 0 N–H and O–H groups in total. The van der Waals surface area contributed by atoms with Crippen LogP contribution in [0.2, 0.25) is 0 Å². The molecule has 0 saturated carbocycles. The molecule has 0 fully saturated rings. The number of nitrogens with zero attached hydrogens (tertiary/aromatic N) is 3. The van der Waals surface area contributed by atoms with Gasteiger partial charge in [0.05, 0.1) is 23.0 Å². The molecule has 0 atom stereocenters. The molecule has 2 aromatic heterocycles. The molecule has 0 saturated heterocycles. The number of hydrogen-bond acceptors (Lipinski definition) is 4. The summed E-state index contributed by atoms with van der Waals surface area (Å²) < 4.78 is 46.3. The summed E-state index contributed by atoms with van der Waals surface area (Å²) in [5.74, 6) is 0.775. The van der Waals surface area contributed by atoms with E-state index in [0.717, 1.165) is 16.3 Å². The van der Waals surface area contributed by atoms with Crippen molar-refractivity contribution < 1.29 is 17.6 Å². The van der Waals surface area contributed by atoms with Gasteiger partial charge in [-0.05, 0) is 36.4 Å². The topological polar surface area (TPSA) is 43.9 Å². The van der Waals surface area contributed by atoms with Gasteiger partial charge in [0.15, 0.2) is 10.9 Å². The third kappa shape index (κ3) is 3.20. The Balaban J connectivity index is 1.55. The Morgan fingerprint density at radius 3 is 2.62 bits per heavy atom. The maximum absolute atomic E-state index is 13.4. The van der Waals surface area contributed by atoms with Crippen molar-refractivity contribution in [2.75, 3.05) is 0 Å². The van der Waals surface area contributed by atoms with Gasteiger partial charge in [0.25, 0.3) is 0 Å². The summed E-state index contributed by atoms with van der Waals surface area (Å²) in [7, 11) is 0. The Morgan fingerprint density at radius 2 is 1.85 bits per heavy atom. The molecular weight excluding hydrogens is 363 g/mol. The molecule has 0 unspecified atom stereocenters. The molecule has 4 aromatic rings. The maximum atomic E-state index is 13.4. The lowest BCUT2D eigenvalue weighted by Gasteiger charge is -2.06. The zero-order chi connectivity index (χ0) is 18.1. The first-order valence-corrected chi connectivity index (χ1v) is 8.69. The highest BCUT2D eigenvalue weighted by molar-refractivity contribution is 7.98. The molecule has 0 aliphatic heterocycles. The number of imidazole rings is 1. The Bertz CT molecular complexity index is 1040. The van der Waals surface area contributed by atoms with Crippen molar-refractivity contribution in [3.05, 3.63) is 66.4 Å². The minimum atomic E-state index is -2.69. The molecule has 26 heavy (non-hydrogen) atoms. The number of oxazole rings is 1. The van der Waals surface area contributed by atoms with Crippen molar-refractivity contribution in [1.29, 1.82) is 0 Å². The average molecular weight is 375 g/mol. The lowest BCUT2D eigenvalue weighted by Crippen LogP contribution is -2.00. The van der Waals surface area contributed by atoms with Crippen LogP contribution in [0.25, 0.3) is 22.4 Å². The van der Waals surface area contributed by atoms with E-state index >= 15 is 0 Å². The molecule has 4 rings (SSSR count). The number of para-hydroxylation sites is 2. The average Bonchev–Trinajstić information content (AvgIpc) is 3.24. The number of hydrogen-bond donors (Lipinski definition) is 0.